The maximum atomic E-state index is 11.7. The number of hydrogen-bond acceptors (Lipinski definition) is 5. The second-order valence-corrected chi connectivity index (χ2v) is 8.61. The molecule has 0 aliphatic carbocycles. The lowest BCUT2D eigenvalue weighted by Gasteiger charge is -2.06. The minimum Gasteiger partial charge on any atom is -0.466 e. The van der Waals surface area contributed by atoms with Gasteiger partial charge >= 0.3 is 11.9 Å². The van der Waals surface area contributed by atoms with E-state index in [4.69, 9.17) is 14.6 Å². The number of aliphatic hydroxyl groups is 1. The molecule has 0 amide bonds. The summed E-state index contributed by atoms with van der Waals surface area (Å²) in [6, 6.07) is 0. The molecule has 1 N–H and O–H groups in total. The van der Waals surface area contributed by atoms with Gasteiger partial charge in [0.05, 0.1) is 13.2 Å². The van der Waals surface area contributed by atoms with Gasteiger partial charge in [-0.1, -0.05) is 89.9 Å². The molecule has 0 aromatic carbocycles. The monoisotopic (exact) mass is 442 g/mol. The van der Waals surface area contributed by atoms with Crippen LogP contribution in [-0.4, -0.2) is 36.9 Å². The molecular weight excluding hydrogens is 392 g/mol. The molecular formula is C26H50O5. The first-order valence-corrected chi connectivity index (χ1v) is 13.1. The zero-order chi connectivity index (χ0) is 22.8. The Morgan fingerprint density at radius 2 is 0.871 bits per heavy atom. The Hall–Kier alpha value is -1.10. The topological polar surface area (TPSA) is 72.8 Å². The third-order valence-electron chi connectivity index (χ3n) is 5.63. The number of esters is 2. The highest BCUT2D eigenvalue weighted by atomic mass is 16.5. The highest BCUT2D eigenvalue weighted by Gasteiger charge is 2.03. The molecule has 0 aliphatic rings. The van der Waals surface area contributed by atoms with Crippen LogP contribution in [0.2, 0.25) is 0 Å². The van der Waals surface area contributed by atoms with Gasteiger partial charge in [-0.15, -0.1) is 0 Å². The van der Waals surface area contributed by atoms with Gasteiger partial charge in [0.15, 0.2) is 0 Å². The fourth-order valence-corrected chi connectivity index (χ4v) is 3.72. The average molecular weight is 443 g/mol. The van der Waals surface area contributed by atoms with Crippen LogP contribution in [0.1, 0.15) is 135 Å². The molecule has 0 spiro atoms. The van der Waals surface area contributed by atoms with E-state index in [1.165, 1.54) is 64.2 Å². The van der Waals surface area contributed by atoms with Crippen LogP contribution in [0.25, 0.3) is 0 Å². The van der Waals surface area contributed by atoms with Crippen LogP contribution in [0.3, 0.4) is 0 Å². The first-order valence-electron chi connectivity index (χ1n) is 13.1. The summed E-state index contributed by atoms with van der Waals surface area (Å²) in [7, 11) is 0. The van der Waals surface area contributed by atoms with Gasteiger partial charge in [-0.05, 0) is 32.6 Å². The third kappa shape index (κ3) is 25.0. The molecule has 184 valence electrons. The number of rotatable bonds is 24. The summed E-state index contributed by atoms with van der Waals surface area (Å²) in [5.41, 5.74) is 0. The molecule has 0 saturated heterocycles. The van der Waals surface area contributed by atoms with E-state index in [1.807, 2.05) is 6.92 Å². The lowest BCUT2D eigenvalue weighted by molar-refractivity contribution is -0.144. The smallest absolute Gasteiger partial charge is 0.305 e. The Labute approximate surface area is 191 Å². The van der Waals surface area contributed by atoms with E-state index < -0.39 is 0 Å². The van der Waals surface area contributed by atoms with Gasteiger partial charge < -0.3 is 14.6 Å². The summed E-state index contributed by atoms with van der Waals surface area (Å²) >= 11 is 0. The summed E-state index contributed by atoms with van der Waals surface area (Å²) in [4.78, 5) is 23.0. The molecule has 31 heavy (non-hydrogen) atoms. The Balaban J connectivity index is 3.18. The second-order valence-electron chi connectivity index (χ2n) is 8.61. The maximum absolute atomic E-state index is 11.7. The van der Waals surface area contributed by atoms with Crippen LogP contribution in [0.15, 0.2) is 0 Å². The van der Waals surface area contributed by atoms with Crippen LogP contribution in [0.4, 0.5) is 0 Å². The average Bonchev–Trinajstić information content (AvgIpc) is 2.76. The molecule has 0 heterocycles. The minimum absolute atomic E-state index is 0.0354. The van der Waals surface area contributed by atoms with Crippen molar-refractivity contribution in [3.63, 3.8) is 0 Å². The summed E-state index contributed by atoms with van der Waals surface area (Å²) < 4.78 is 10.3. The maximum Gasteiger partial charge on any atom is 0.305 e. The molecule has 0 radical (unpaired) electrons. The van der Waals surface area contributed by atoms with Gasteiger partial charge in [-0.25, -0.2) is 0 Å². The SMILES string of the molecule is CCOC(=O)CCCCCCCCCCCOC(=O)CCCCCCCCCCCO. The number of ether oxygens (including phenoxy) is 2. The number of unbranched alkanes of at least 4 members (excludes halogenated alkanes) is 16. The predicted octanol–water partition coefficient (Wildman–Crippen LogP) is 6.89. The number of hydrogen-bond donors (Lipinski definition) is 1. The molecule has 0 aromatic heterocycles. The van der Waals surface area contributed by atoms with Crippen LogP contribution in [0.5, 0.6) is 0 Å². The number of carbonyl (C=O) groups is 2. The highest BCUT2D eigenvalue weighted by Crippen LogP contribution is 2.12. The molecule has 0 fully saturated rings. The molecule has 0 saturated carbocycles. The fraction of sp³-hybridized carbons (Fsp3) is 0.923. The lowest BCUT2D eigenvalue weighted by atomic mass is 10.1. The zero-order valence-electron chi connectivity index (χ0n) is 20.3. The molecule has 0 rings (SSSR count). The summed E-state index contributed by atoms with van der Waals surface area (Å²) in [6.45, 7) is 3.21. The molecule has 0 aromatic rings. The first-order chi connectivity index (χ1) is 15.2. The highest BCUT2D eigenvalue weighted by molar-refractivity contribution is 5.69. The second kappa shape index (κ2) is 25.2. The molecule has 0 unspecified atom stereocenters. The fourth-order valence-electron chi connectivity index (χ4n) is 3.72. The van der Waals surface area contributed by atoms with Crippen molar-refractivity contribution < 1.29 is 24.2 Å². The van der Waals surface area contributed by atoms with Crippen molar-refractivity contribution in [2.45, 2.75) is 135 Å². The van der Waals surface area contributed by atoms with E-state index in [1.54, 1.807) is 0 Å². The molecule has 0 aliphatic heterocycles. The lowest BCUT2D eigenvalue weighted by Crippen LogP contribution is -2.05. The van der Waals surface area contributed by atoms with Crippen molar-refractivity contribution in [3.8, 4) is 0 Å². The summed E-state index contributed by atoms with van der Waals surface area (Å²) in [5.74, 6) is -0.105. The van der Waals surface area contributed by atoms with Gasteiger partial charge in [-0.3, -0.25) is 9.59 Å². The van der Waals surface area contributed by atoms with Crippen molar-refractivity contribution in [3.05, 3.63) is 0 Å². The minimum atomic E-state index is -0.0692. The standard InChI is InChI=1S/C26H50O5/c1-2-30-25(28)21-17-13-9-6-4-8-12-16-20-24-31-26(29)22-18-14-10-5-3-7-11-15-19-23-27/h27H,2-24H2,1H3. The molecule has 0 bridgehead atoms. The van der Waals surface area contributed by atoms with Crippen molar-refractivity contribution in [2.75, 3.05) is 19.8 Å². The third-order valence-corrected chi connectivity index (χ3v) is 5.63. The Kier molecular flexibility index (Phi) is 24.3. The summed E-state index contributed by atoms with van der Waals surface area (Å²) in [5, 5.41) is 8.73. The van der Waals surface area contributed by atoms with Crippen LogP contribution in [0, 0.1) is 0 Å². The van der Waals surface area contributed by atoms with Crippen LogP contribution in [-0.2, 0) is 19.1 Å². The van der Waals surface area contributed by atoms with Crippen molar-refractivity contribution in [2.24, 2.45) is 0 Å². The number of carbonyl (C=O) groups excluding carboxylic acids is 2. The predicted molar refractivity (Wildman–Crippen MR) is 127 cm³/mol. The van der Waals surface area contributed by atoms with Crippen LogP contribution >= 0.6 is 0 Å². The van der Waals surface area contributed by atoms with E-state index in [2.05, 4.69) is 0 Å². The van der Waals surface area contributed by atoms with Gasteiger partial charge in [0.1, 0.15) is 0 Å². The van der Waals surface area contributed by atoms with E-state index >= 15 is 0 Å². The zero-order valence-corrected chi connectivity index (χ0v) is 20.3. The van der Waals surface area contributed by atoms with E-state index in [9.17, 15) is 9.59 Å². The van der Waals surface area contributed by atoms with Crippen molar-refractivity contribution >= 4 is 11.9 Å². The van der Waals surface area contributed by atoms with E-state index in [0.29, 0.717) is 32.7 Å². The first kappa shape index (κ1) is 29.9. The van der Waals surface area contributed by atoms with E-state index in [-0.39, 0.29) is 11.9 Å². The normalized spacial score (nSPS) is 10.9. The molecule has 5 nitrogen and oxygen atoms in total. The number of aliphatic hydroxyl groups excluding tert-OH is 1. The van der Waals surface area contributed by atoms with E-state index in [0.717, 1.165) is 51.4 Å². The summed E-state index contributed by atoms with van der Waals surface area (Å²) in [6.07, 6.45) is 21.8. The van der Waals surface area contributed by atoms with Gasteiger partial charge in [0, 0.05) is 19.4 Å². The Morgan fingerprint density at radius 3 is 1.29 bits per heavy atom. The molecule has 0 atom stereocenters. The largest absolute Gasteiger partial charge is 0.466 e. The van der Waals surface area contributed by atoms with Gasteiger partial charge in [-0.2, -0.15) is 0 Å². The van der Waals surface area contributed by atoms with Gasteiger partial charge in [0.25, 0.3) is 0 Å². The Morgan fingerprint density at radius 1 is 0.516 bits per heavy atom. The Bertz CT molecular complexity index is 397. The quantitative estimate of drug-likeness (QED) is 0.130. The van der Waals surface area contributed by atoms with Gasteiger partial charge in [0.2, 0.25) is 0 Å². The molecule has 5 heteroatoms. The van der Waals surface area contributed by atoms with Crippen molar-refractivity contribution in [1.82, 2.24) is 0 Å². The van der Waals surface area contributed by atoms with Crippen LogP contribution < -0.4 is 0 Å². The van der Waals surface area contributed by atoms with Crippen molar-refractivity contribution in [1.29, 1.82) is 0 Å².